The van der Waals surface area contributed by atoms with Gasteiger partial charge in [0.15, 0.2) is 40.7 Å². The standard InChI is InChI=1S/C14HF9O2/c15-5-2-1-3(9(19)14(25-23)12(22)6(1)16)7(17)8(18)4(2)13(24)11(21)10(5)20/h24H. The first-order valence-corrected chi connectivity index (χ1v) is 6.09. The second-order valence-electron chi connectivity index (χ2n) is 4.77. The van der Waals surface area contributed by atoms with E-state index in [4.69, 9.17) is 0 Å². The summed E-state index contributed by atoms with van der Waals surface area (Å²) in [5, 5.41) is 2.43. The monoisotopic (exact) mass is 372 g/mol. The van der Waals surface area contributed by atoms with Gasteiger partial charge in [-0.3, -0.25) is 4.94 Å². The van der Waals surface area contributed by atoms with Crippen LogP contribution < -0.4 is 4.94 Å². The second-order valence-corrected chi connectivity index (χ2v) is 4.77. The zero-order chi connectivity index (χ0) is 18.8. The molecule has 0 saturated carbocycles. The molecule has 3 aromatic carbocycles. The van der Waals surface area contributed by atoms with Crippen LogP contribution >= 0.6 is 0 Å². The fourth-order valence-corrected chi connectivity index (χ4v) is 2.46. The third-order valence-electron chi connectivity index (χ3n) is 3.54. The fourth-order valence-electron chi connectivity index (χ4n) is 2.46. The van der Waals surface area contributed by atoms with Crippen LogP contribution in [0.25, 0.3) is 21.5 Å². The molecule has 0 aliphatic rings. The molecule has 0 heterocycles. The number of fused-ring (bicyclic) bond motifs is 3. The van der Waals surface area contributed by atoms with Crippen LogP contribution in [0.5, 0.6) is 11.5 Å². The van der Waals surface area contributed by atoms with Gasteiger partial charge < -0.3 is 5.11 Å². The predicted molar refractivity (Wildman–Crippen MR) is 64.5 cm³/mol. The minimum atomic E-state index is -2.44. The number of hydrogen-bond donors (Lipinski definition) is 1. The summed E-state index contributed by atoms with van der Waals surface area (Å²) in [5.41, 5.74) is 0. The van der Waals surface area contributed by atoms with Gasteiger partial charge in [-0.2, -0.15) is 8.78 Å². The van der Waals surface area contributed by atoms with Crippen LogP contribution in [0, 0.1) is 46.5 Å². The van der Waals surface area contributed by atoms with E-state index in [2.05, 4.69) is 4.94 Å². The number of halogens is 9. The quantitative estimate of drug-likeness (QED) is 0.280. The third-order valence-corrected chi connectivity index (χ3v) is 3.54. The molecule has 1 N–H and O–H groups in total. The van der Waals surface area contributed by atoms with Gasteiger partial charge in [-0.15, -0.1) is 0 Å². The first-order valence-electron chi connectivity index (χ1n) is 6.09. The largest absolute Gasteiger partial charge is 0.504 e. The van der Waals surface area contributed by atoms with E-state index in [0.29, 0.717) is 0 Å². The highest BCUT2D eigenvalue weighted by molar-refractivity contribution is 6.11. The van der Waals surface area contributed by atoms with Crippen LogP contribution in [-0.4, -0.2) is 5.11 Å². The van der Waals surface area contributed by atoms with Crippen LogP contribution in [-0.2, 0) is 0 Å². The molecule has 0 aliphatic carbocycles. The summed E-state index contributed by atoms with van der Waals surface area (Å²) in [6.07, 6.45) is 0. The number of benzene rings is 3. The van der Waals surface area contributed by atoms with Crippen LogP contribution in [0.15, 0.2) is 0 Å². The molecule has 0 aromatic heterocycles. The molecular weight excluding hydrogens is 371 g/mol. The fraction of sp³-hybridized carbons (Fsp3) is 0. The highest BCUT2D eigenvalue weighted by Crippen LogP contribution is 2.44. The Morgan fingerprint density at radius 2 is 0.920 bits per heavy atom. The lowest BCUT2D eigenvalue weighted by atomic mass is 9.97. The molecule has 132 valence electrons. The molecule has 25 heavy (non-hydrogen) atoms. The van der Waals surface area contributed by atoms with Crippen LogP contribution in [0.1, 0.15) is 0 Å². The van der Waals surface area contributed by atoms with Crippen LogP contribution in [0.4, 0.5) is 39.6 Å². The first kappa shape index (κ1) is 17.0. The lowest BCUT2D eigenvalue weighted by molar-refractivity contribution is -0.0156. The van der Waals surface area contributed by atoms with Gasteiger partial charge in [0, 0.05) is 15.3 Å². The molecule has 0 unspecified atom stereocenters. The van der Waals surface area contributed by atoms with Gasteiger partial charge in [-0.25, -0.2) is 26.3 Å². The topological polar surface area (TPSA) is 29.5 Å². The highest BCUT2D eigenvalue weighted by Gasteiger charge is 2.33. The van der Waals surface area contributed by atoms with Crippen molar-refractivity contribution in [1.29, 1.82) is 0 Å². The number of rotatable bonds is 1. The third kappa shape index (κ3) is 1.94. The maximum absolute atomic E-state index is 14.1. The zero-order valence-corrected chi connectivity index (χ0v) is 11.3. The van der Waals surface area contributed by atoms with E-state index in [1.165, 1.54) is 0 Å². The van der Waals surface area contributed by atoms with Crippen molar-refractivity contribution in [3.8, 4) is 11.5 Å². The Hall–Kier alpha value is -2.85. The molecule has 3 aromatic rings. The van der Waals surface area contributed by atoms with Gasteiger partial charge in [0.05, 0.1) is 10.8 Å². The number of hydrogen-bond acceptors (Lipinski definition) is 2. The van der Waals surface area contributed by atoms with E-state index in [1.807, 2.05) is 0 Å². The summed E-state index contributed by atoms with van der Waals surface area (Å²) in [4.78, 5) is 2.71. The first-order chi connectivity index (χ1) is 11.6. The zero-order valence-electron chi connectivity index (χ0n) is 11.3. The van der Waals surface area contributed by atoms with Gasteiger partial charge in [0.25, 0.3) is 0 Å². The van der Waals surface area contributed by atoms with E-state index >= 15 is 0 Å². The molecule has 0 fully saturated rings. The summed E-state index contributed by atoms with van der Waals surface area (Å²) >= 11 is 0. The van der Waals surface area contributed by atoms with E-state index in [-0.39, 0.29) is 0 Å². The van der Waals surface area contributed by atoms with Gasteiger partial charge in [0.2, 0.25) is 17.4 Å². The smallest absolute Gasteiger partial charge is 0.246 e. The maximum Gasteiger partial charge on any atom is 0.246 e. The number of aromatic hydroxyl groups is 1. The second kappa shape index (κ2) is 5.33. The SMILES string of the molecule is Oc1c(F)c(F)c(F)c2c1c(F)c(F)c1c(F)c(OF)c(F)c(F)c12. The highest BCUT2D eigenvalue weighted by atomic mass is 19.3. The van der Waals surface area contributed by atoms with Crippen molar-refractivity contribution in [3.05, 3.63) is 46.5 Å². The summed E-state index contributed by atoms with van der Waals surface area (Å²) in [6.45, 7) is 0. The Kier molecular flexibility index (Phi) is 3.62. The van der Waals surface area contributed by atoms with Crippen molar-refractivity contribution in [1.82, 2.24) is 0 Å². The summed E-state index contributed by atoms with van der Waals surface area (Å²) in [7, 11) is 0. The Morgan fingerprint density at radius 1 is 0.480 bits per heavy atom. The average molecular weight is 372 g/mol. The predicted octanol–water partition coefficient (Wildman–Crippen LogP) is 5.07. The minimum Gasteiger partial charge on any atom is -0.504 e. The molecule has 2 nitrogen and oxygen atoms in total. The van der Waals surface area contributed by atoms with Crippen molar-refractivity contribution in [2.75, 3.05) is 0 Å². The molecule has 0 saturated heterocycles. The van der Waals surface area contributed by atoms with Crippen LogP contribution in [0.3, 0.4) is 0 Å². The number of phenols is 1. The van der Waals surface area contributed by atoms with Crippen molar-refractivity contribution < 1.29 is 49.7 Å². The minimum absolute atomic E-state index is 1.69. The molecule has 0 aliphatic heterocycles. The maximum atomic E-state index is 14.1. The Morgan fingerprint density at radius 3 is 1.48 bits per heavy atom. The number of phenolic OH excluding ortho intramolecular Hbond substituents is 1. The molecular formula is C14HF9O2. The molecule has 0 radical (unpaired) electrons. The van der Waals surface area contributed by atoms with Crippen LogP contribution in [0.2, 0.25) is 0 Å². The molecule has 0 amide bonds. The molecule has 11 heteroatoms. The molecule has 0 spiro atoms. The normalized spacial score (nSPS) is 11.6. The molecule has 3 rings (SSSR count). The van der Waals surface area contributed by atoms with Crippen molar-refractivity contribution >= 4 is 21.5 Å². The van der Waals surface area contributed by atoms with E-state index in [1.54, 1.807) is 0 Å². The van der Waals surface area contributed by atoms with Crippen molar-refractivity contribution in [3.63, 3.8) is 0 Å². The van der Waals surface area contributed by atoms with Gasteiger partial charge in [-0.1, -0.05) is 0 Å². The summed E-state index contributed by atoms with van der Waals surface area (Å²) in [5.74, 6) is -22.9. The van der Waals surface area contributed by atoms with E-state index in [9.17, 15) is 44.8 Å². The molecule has 0 bridgehead atoms. The van der Waals surface area contributed by atoms with E-state index < -0.39 is 79.6 Å². The Balaban J connectivity index is 2.84. The Labute approximate surface area is 130 Å². The van der Waals surface area contributed by atoms with Crippen molar-refractivity contribution in [2.24, 2.45) is 0 Å². The molecule has 0 atom stereocenters. The summed E-state index contributed by atoms with van der Waals surface area (Å²) in [6, 6.07) is 0. The lowest BCUT2D eigenvalue weighted by Crippen LogP contribution is -2.04. The van der Waals surface area contributed by atoms with Gasteiger partial charge >= 0.3 is 0 Å². The van der Waals surface area contributed by atoms with E-state index in [0.717, 1.165) is 0 Å². The lowest BCUT2D eigenvalue weighted by Gasteiger charge is -2.14. The Bertz CT molecular complexity index is 1080. The van der Waals surface area contributed by atoms with Gasteiger partial charge in [-0.05, 0) is 0 Å². The average Bonchev–Trinajstić information content (AvgIpc) is 2.58. The summed E-state index contributed by atoms with van der Waals surface area (Å²) < 4.78 is 123. The van der Waals surface area contributed by atoms with Gasteiger partial charge in [0.1, 0.15) is 0 Å². The van der Waals surface area contributed by atoms with Crippen molar-refractivity contribution in [2.45, 2.75) is 0 Å².